The molecular formula is C35H46N10O6. The molecule has 4 N–H and O–H groups in total. The maximum atomic E-state index is 13.9. The standard InChI is InChI=1S/C35H46N10O6/c1-35(2)26(12-14-42(15-13-38-22-47)23-8-10-28(39-20-23)40-41-37-4)31(35)34(51)44-18-16-43(17-19-44)27-7-5-6-25-30(27)33(50)45(32(25)49)24(21-46)9-11-29(48)36-3/h5-8,10,20-22,24,26,31,41H,4,9,11-19H2,1-3H3,(H,36,48)(H,38,47)(H,39,40). The van der Waals surface area contributed by atoms with Gasteiger partial charge in [-0.25, -0.2) is 10.5 Å². The molecule has 2 aliphatic heterocycles. The van der Waals surface area contributed by atoms with E-state index in [1.165, 1.54) is 7.05 Å². The highest BCUT2D eigenvalue weighted by atomic mass is 16.2. The molecule has 3 atom stereocenters. The minimum Gasteiger partial charge on any atom is -0.369 e. The van der Waals surface area contributed by atoms with E-state index in [0.717, 1.165) is 17.0 Å². The molecule has 1 aromatic heterocycles. The first-order chi connectivity index (χ1) is 24.6. The molecule has 5 amide bonds. The van der Waals surface area contributed by atoms with Crippen molar-refractivity contribution in [2.24, 2.45) is 22.4 Å². The van der Waals surface area contributed by atoms with Crippen LogP contribution in [0.1, 0.15) is 53.8 Å². The van der Waals surface area contributed by atoms with Crippen molar-refractivity contribution in [2.45, 2.75) is 39.2 Å². The number of hydrogen-bond donors (Lipinski definition) is 4. The van der Waals surface area contributed by atoms with Crippen molar-refractivity contribution in [3.63, 3.8) is 0 Å². The van der Waals surface area contributed by atoms with E-state index in [1.54, 1.807) is 24.4 Å². The van der Waals surface area contributed by atoms with Gasteiger partial charge in [-0.3, -0.25) is 34.3 Å². The van der Waals surface area contributed by atoms with E-state index in [0.29, 0.717) is 70.0 Å². The second-order valence-corrected chi connectivity index (χ2v) is 13.5. The van der Waals surface area contributed by atoms with Crippen molar-refractivity contribution in [2.75, 3.05) is 68.1 Å². The number of anilines is 3. The quantitative estimate of drug-likeness (QED) is 0.0567. The lowest BCUT2D eigenvalue weighted by Crippen LogP contribution is -2.50. The third-order valence-electron chi connectivity index (χ3n) is 10.3. The van der Waals surface area contributed by atoms with Gasteiger partial charge in [-0.1, -0.05) is 19.9 Å². The van der Waals surface area contributed by atoms with Crippen LogP contribution in [0.5, 0.6) is 0 Å². The minimum atomic E-state index is -1.05. The number of hydrogen-bond acceptors (Lipinski definition) is 12. The Labute approximate surface area is 296 Å². The number of carbonyl (C=O) groups excluding carboxylic acids is 6. The van der Waals surface area contributed by atoms with Crippen molar-refractivity contribution >= 4 is 60.2 Å². The van der Waals surface area contributed by atoms with Crippen molar-refractivity contribution < 1.29 is 28.8 Å². The number of pyridine rings is 1. The normalized spacial score (nSPS) is 19.5. The number of nitrogens with zero attached hydrogens (tertiary/aromatic N) is 6. The highest BCUT2D eigenvalue weighted by Gasteiger charge is 2.62. The molecule has 51 heavy (non-hydrogen) atoms. The first-order valence-corrected chi connectivity index (χ1v) is 17.1. The number of aromatic nitrogens is 1. The third-order valence-corrected chi connectivity index (χ3v) is 10.3. The molecule has 0 radical (unpaired) electrons. The fraction of sp³-hybridized carbons (Fsp3) is 0.486. The average Bonchev–Trinajstić information content (AvgIpc) is 3.61. The Hall–Kier alpha value is -5.54. The Morgan fingerprint density at radius 3 is 2.51 bits per heavy atom. The molecular weight excluding hydrogens is 656 g/mol. The zero-order valence-electron chi connectivity index (χ0n) is 29.3. The zero-order valence-corrected chi connectivity index (χ0v) is 29.3. The first-order valence-electron chi connectivity index (χ1n) is 17.1. The summed E-state index contributed by atoms with van der Waals surface area (Å²) in [6, 6.07) is 7.78. The van der Waals surface area contributed by atoms with E-state index in [2.05, 4.69) is 57.1 Å². The van der Waals surface area contributed by atoms with Crippen LogP contribution in [-0.4, -0.2) is 117 Å². The Morgan fingerprint density at radius 1 is 1.10 bits per heavy atom. The molecule has 16 heteroatoms. The fourth-order valence-electron chi connectivity index (χ4n) is 7.32. The molecule has 0 spiro atoms. The number of piperazine rings is 1. The highest BCUT2D eigenvalue weighted by Crippen LogP contribution is 2.60. The van der Waals surface area contributed by atoms with Crippen LogP contribution in [0, 0.1) is 17.3 Å². The molecule has 2 fully saturated rings. The number of hydrazone groups is 1. The number of benzene rings is 1. The van der Waals surface area contributed by atoms with Gasteiger partial charge in [0.15, 0.2) is 0 Å². The van der Waals surface area contributed by atoms with Crippen LogP contribution in [0.15, 0.2) is 41.6 Å². The van der Waals surface area contributed by atoms with Gasteiger partial charge in [-0.2, -0.15) is 5.10 Å². The molecule has 272 valence electrons. The maximum absolute atomic E-state index is 13.9. The van der Waals surface area contributed by atoms with Crippen LogP contribution >= 0.6 is 0 Å². The lowest BCUT2D eigenvalue weighted by atomic mass is 10.1. The summed E-state index contributed by atoms with van der Waals surface area (Å²) in [5.41, 5.74) is 7.13. The molecule has 16 nitrogen and oxygen atoms in total. The summed E-state index contributed by atoms with van der Waals surface area (Å²) in [4.78, 5) is 86.8. The van der Waals surface area contributed by atoms with E-state index in [1.807, 2.05) is 21.9 Å². The van der Waals surface area contributed by atoms with Gasteiger partial charge in [0, 0.05) is 71.9 Å². The Morgan fingerprint density at radius 2 is 1.86 bits per heavy atom. The predicted molar refractivity (Wildman–Crippen MR) is 191 cm³/mol. The molecule has 1 saturated carbocycles. The third kappa shape index (κ3) is 7.79. The van der Waals surface area contributed by atoms with Gasteiger partial charge in [-0.05, 0) is 48.4 Å². The lowest BCUT2D eigenvalue weighted by Gasteiger charge is -2.37. The summed E-state index contributed by atoms with van der Waals surface area (Å²) in [5, 5.41) is 8.74. The molecule has 1 aromatic carbocycles. The smallest absolute Gasteiger partial charge is 0.264 e. The van der Waals surface area contributed by atoms with Crippen LogP contribution in [0.3, 0.4) is 0 Å². The van der Waals surface area contributed by atoms with E-state index in [4.69, 9.17) is 0 Å². The van der Waals surface area contributed by atoms with Crippen molar-refractivity contribution in [3.05, 3.63) is 47.7 Å². The second kappa shape index (κ2) is 16.0. The molecule has 3 unspecified atom stereocenters. The Balaban J connectivity index is 1.20. The number of rotatable bonds is 18. The molecule has 5 rings (SSSR count). The van der Waals surface area contributed by atoms with E-state index >= 15 is 0 Å². The van der Waals surface area contributed by atoms with Gasteiger partial charge in [0.25, 0.3) is 11.8 Å². The van der Waals surface area contributed by atoms with E-state index in [9.17, 15) is 28.8 Å². The van der Waals surface area contributed by atoms with Crippen LogP contribution in [-0.2, 0) is 19.2 Å². The van der Waals surface area contributed by atoms with E-state index in [-0.39, 0.29) is 53.0 Å². The van der Waals surface area contributed by atoms with Crippen LogP contribution in [0.4, 0.5) is 17.2 Å². The van der Waals surface area contributed by atoms with Gasteiger partial charge < -0.3 is 30.1 Å². The predicted octanol–water partition coefficient (Wildman–Crippen LogP) is 0.867. The summed E-state index contributed by atoms with van der Waals surface area (Å²) in [7, 11) is 1.48. The zero-order chi connectivity index (χ0) is 36.7. The largest absolute Gasteiger partial charge is 0.369 e. The van der Waals surface area contributed by atoms with Gasteiger partial charge in [0.1, 0.15) is 12.1 Å². The Bertz CT molecular complexity index is 1640. The fourth-order valence-corrected chi connectivity index (χ4v) is 7.32. The number of hydrazine groups is 1. The van der Waals surface area contributed by atoms with Crippen LogP contribution < -0.4 is 31.4 Å². The number of aldehydes is 1. The molecule has 1 saturated heterocycles. The number of amides is 5. The van der Waals surface area contributed by atoms with Crippen molar-refractivity contribution in [1.82, 2.24) is 31.0 Å². The highest BCUT2D eigenvalue weighted by molar-refractivity contribution is 6.24. The summed E-state index contributed by atoms with van der Waals surface area (Å²) < 4.78 is 0. The summed E-state index contributed by atoms with van der Waals surface area (Å²) in [6.07, 6.45) is 3.77. The monoisotopic (exact) mass is 702 g/mol. The first kappa shape index (κ1) is 36.7. The van der Waals surface area contributed by atoms with Crippen LogP contribution in [0.2, 0.25) is 0 Å². The number of imide groups is 1. The van der Waals surface area contributed by atoms with Gasteiger partial charge in [-0.15, -0.1) is 0 Å². The lowest BCUT2D eigenvalue weighted by molar-refractivity contribution is -0.134. The summed E-state index contributed by atoms with van der Waals surface area (Å²) in [5.74, 6) is -0.671. The SMILES string of the molecule is C=NNNc1ccc(N(CCNC=O)CCC2C(C(=O)N3CCN(c4cccc5c4C(=O)N(C(C=O)CCC(=O)NC)C5=O)CC3)C2(C)C)cn1. The topological polar surface area (TPSA) is 189 Å². The molecule has 2 aromatic rings. The molecule has 0 bridgehead atoms. The van der Waals surface area contributed by atoms with Gasteiger partial charge in [0.05, 0.1) is 34.7 Å². The minimum absolute atomic E-state index is 0.00217. The van der Waals surface area contributed by atoms with Crippen molar-refractivity contribution in [3.8, 4) is 0 Å². The molecule has 3 aliphatic rings. The Kier molecular flexibility index (Phi) is 11.5. The summed E-state index contributed by atoms with van der Waals surface area (Å²) >= 11 is 0. The van der Waals surface area contributed by atoms with E-state index < -0.39 is 17.9 Å². The second-order valence-electron chi connectivity index (χ2n) is 13.5. The van der Waals surface area contributed by atoms with Gasteiger partial charge in [0.2, 0.25) is 18.2 Å². The number of fused-ring (bicyclic) bond motifs is 1. The van der Waals surface area contributed by atoms with Crippen LogP contribution in [0.25, 0.3) is 0 Å². The summed E-state index contributed by atoms with van der Waals surface area (Å²) in [6.45, 7) is 11.2. The molecule has 3 heterocycles. The number of carbonyl (C=O) groups is 6. The van der Waals surface area contributed by atoms with Crippen molar-refractivity contribution in [1.29, 1.82) is 0 Å². The average molecular weight is 703 g/mol. The number of nitrogens with one attached hydrogen (secondary N) is 4. The van der Waals surface area contributed by atoms with Gasteiger partial charge >= 0.3 is 0 Å². The maximum Gasteiger partial charge on any atom is 0.264 e. The molecule has 1 aliphatic carbocycles.